The highest BCUT2D eigenvalue weighted by atomic mass is 32.1. The number of rotatable bonds is 5. The number of aryl methyl sites for hydroxylation is 1. The summed E-state index contributed by atoms with van der Waals surface area (Å²) in [6.45, 7) is 2.11. The molecule has 2 atom stereocenters. The maximum Gasteiger partial charge on any atom is 0.316 e. The first-order valence-corrected chi connectivity index (χ1v) is 6.23. The first kappa shape index (κ1) is 12.0. The highest BCUT2D eigenvalue weighted by Gasteiger charge is 2.54. The normalized spacial score (nSPS) is 22.2. The number of nitrogens with zero attached hydrogens (tertiary/aromatic N) is 2. The van der Waals surface area contributed by atoms with Crippen molar-refractivity contribution in [3.8, 4) is 0 Å². The summed E-state index contributed by atoms with van der Waals surface area (Å²) in [5.41, 5.74) is 0.707. The van der Waals surface area contributed by atoms with Gasteiger partial charge >= 0.3 is 5.97 Å². The minimum absolute atomic E-state index is 0.107. The molecule has 0 unspecified atom stereocenters. The molecule has 0 aliphatic heterocycles. The van der Waals surface area contributed by atoms with Crippen LogP contribution in [0.5, 0.6) is 0 Å². The Bertz CT molecular complexity index is 445. The van der Waals surface area contributed by atoms with Gasteiger partial charge in [0.25, 0.3) is 0 Å². The Morgan fingerprint density at radius 3 is 3.06 bits per heavy atom. The average Bonchev–Trinajstić information content (AvgIpc) is 2.99. The van der Waals surface area contributed by atoms with Gasteiger partial charge in [0.15, 0.2) is 0 Å². The fourth-order valence-corrected chi connectivity index (χ4v) is 2.23. The Balaban J connectivity index is 1.79. The second kappa shape index (κ2) is 4.79. The van der Waals surface area contributed by atoms with Crippen molar-refractivity contribution in [1.29, 1.82) is 0 Å². The van der Waals surface area contributed by atoms with Crippen molar-refractivity contribution in [2.24, 2.45) is 5.92 Å². The van der Waals surface area contributed by atoms with Gasteiger partial charge in [-0.1, -0.05) is 6.92 Å². The lowest BCUT2D eigenvalue weighted by Gasteiger charge is -2.00. The lowest BCUT2D eigenvalue weighted by molar-refractivity contribution is -0.497. The molecule has 1 saturated carbocycles. The molecule has 0 saturated heterocycles. The molecule has 1 fully saturated rings. The van der Waals surface area contributed by atoms with E-state index >= 15 is 0 Å². The molecular weight excluding hydrogens is 244 g/mol. The molecule has 1 aliphatic rings. The predicted octanol–water partition coefficient (Wildman–Crippen LogP) is 1.41. The molecular formula is C10H12N2O4S. The smallest absolute Gasteiger partial charge is 0.316 e. The van der Waals surface area contributed by atoms with Gasteiger partial charge in [-0.05, 0) is 6.42 Å². The van der Waals surface area contributed by atoms with E-state index in [1.54, 1.807) is 0 Å². The SMILES string of the molecule is CCc1nc(COC(=O)[C@H]2C[C@@H]2[N+](=O)[O-])cs1. The Hall–Kier alpha value is -1.50. The van der Waals surface area contributed by atoms with Gasteiger partial charge in [-0.2, -0.15) is 0 Å². The van der Waals surface area contributed by atoms with Gasteiger partial charge in [0.05, 0.1) is 10.7 Å². The third kappa shape index (κ3) is 2.79. The molecule has 7 heteroatoms. The number of carbonyl (C=O) groups is 1. The van der Waals surface area contributed by atoms with Crippen molar-refractivity contribution in [3.63, 3.8) is 0 Å². The highest BCUT2D eigenvalue weighted by Crippen LogP contribution is 2.34. The van der Waals surface area contributed by atoms with Crippen LogP contribution >= 0.6 is 11.3 Å². The van der Waals surface area contributed by atoms with E-state index in [0.29, 0.717) is 12.1 Å². The first-order chi connectivity index (χ1) is 8.11. The fraction of sp³-hybridized carbons (Fsp3) is 0.600. The highest BCUT2D eigenvalue weighted by molar-refractivity contribution is 7.09. The number of thiazole rings is 1. The van der Waals surface area contributed by atoms with E-state index in [1.807, 2.05) is 12.3 Å². The van der Waals surface area contributed by atoms with Gasteiger partial charge in [-0.3, -0.25) is 14.9 Å². The molecule has 1 heterocycles. The molecule has 0 bridgehead atoms. The van der Waals surface area contributed by atoms with Crippen molar-refractivity contribution in [2.75, 3.05) is 0 Å². The molecule has 1 aromatic rings. The Morgan fingerprint density at radius 1 is 1.76 bits per heavy atom. The molecule has 0 amide bonds. The summed E-state index contributed by atoms with van der Waals surface area (Å²) < 4.78 is 4.99. The number of ether oxygens (including phenoxy) is 1. The zero-order valence-electron chi connectivity index (χ0n) is 9.29. The van der Waals surface area contributed by atoms with Crippen LogP contribution in [0, 0.1) is 16.0 Å². The van der Waals surface area contributed by atoms with E-state index in [0.717, 1.165) is 11.4 Å². The monoisotopic (exact) mass is 256 g/mol. The van der Waals surface area contributed by atoms with Gasteiger partial charge < -0.3 is 4.74 Å². The summed E-state index contributed by atoms with van der Waals surface area (Å²) >= 11 is 1.52. The number of hydrogen-bond acceptors (Lipinski definition) is 6. The van der Waals surface area contributed by atoms with Crippen LogP contribution < -0.4 is 0 Å². The molecule has 92 valence electrons. The average molecular weight is 256 g/mol. The molecule has 0 N–H and O–H groups in total. The van der Waals surface area contributed by atoms with Crippen LogP contribution in [0.2, 0.25) is 0 Å². The van der Waals surface area contributed by atoms with Gasteiger partial charge in [0.2, 0.25) is 6.04 Å². The van der Waals surface area contributed by atoms with Crippen LogP contribution in [0.1, 0.15) is 24.0 Å². The van der Waals surface area contributed by atoms with E-state index in [1.165, 1.54) is 11.3 Å². The van der Waals surface area contributed by atoms with Crippen LogP contribution in [-0.2, 0) is 22.6 Å². The molecule has 1 aliphatic carbocycles. The Labute approximate surface area is 102 Å². The van der Waals surface area contributed by atoms with Gasteiger partial charge in [-0.25, -0.2) is 4.98 Å². The maximum absolute atomic E-state index is 11.4. The van der Waals surface area contributed by atoms with Crippen LogP contribution in [-0.4, -0.2) is 21.9 Å². The third-order valence-corrected chi connectivity index (χ3v) is 3.64. The zero-order valence-corrected chi connectivity index (χ0v) is 10.1. The lowest BCUT2D eigenvalue weighted by Crippen LogP contribution is -2.13. The van der Waals surface area contributed by atoms with Crippen molar-refractivity contribution in [1.82, 2.24) is 4.98 Å². The van der Waals surface area contributed by atoms with Crippen LogP contribution in [0.15, 0.2) is 5.38 Å². The van der Waals surface area contributed by atoms with E-state index in [2.05, 4.69) is 4.98 Å². The summed E-state index contributed by atoms with van der Waals surface area (Å²) in [7, 11) is 0. The lowest BCUT2D eigenvalue weighted by atomic mass is 10.4. The third-order valence-electron chi connectivity index (χ3n) is 2.59. The van der Waals surface area contributed by atoms with E-state index in [-0.39, 0.29) is 6.61 Å². The standard InChI is InChI=1S/C10H12N2O4S/c1-2-9-11-6(5-17-9)4-16-10(13)7-3-8(7)12(14)15/h5,7-8H,2-4H2,1H3/t7-,8-/m0/s1. The summed E-state index contributed by atoms with van der Waals surface area (Å²) in [6.07, 6.45) is 1.15. The van der Waals surface area contributed by atoms with E-state index < -0.39 is 22.9 Å². The van der Waals surface area contributed by atoms with Crippen molar-refractivity contribution in [2.45, 2.75) is 32.4 Å². The molecule has 1 aromatic heterocycles. The summed E-state index contributed by atoms with van der Waals surface area (Å²) in [5, 5.41) is 13.2. The summed E-state index contributed by atoms with van der Waals surface area (Å²) in [4.78, 5) is 25.6. The zero-order chi connectivity index (χ0) is 12.4. The minimum atomic E-state index is -0.746. The van der Waals surface area contributed by atoms with Crippen LogP contribution in [0.4, 0.5) is 0 Å². The maximum atomic E-state index is 11.4. The number of aromatic nitrogens is 1. The molecule has 0 aromatic carbocycles. The van der Waals surface area contributed by atoms with Gasteiger partial charge in [0, 0.05) is 16.7 Å². The van der Waals surface area contributed by atoms with Gasteiger partial charge in [-0.15, -0.1) is 11.3 Å². The molecule has 2 rings (SSSR count). The topological polar surface area (TPSA) is 82.3 Å². The molecule has 0 spiro atoms. The molecule has 17 heavy (non-hydrogen) atoms. The number of esters is 1. The molecule has 0 radical (unpaired) electrons. The Kier molecular flexibility index (Phi) is 3.37. The fourth-order valence-electron chi connectivity index (χ4n) is 1.50. The number of carbonyl (C=O) groups excluding carboxylic acids is 1. The number of hydrogen-bond donors (Lipinski definition) is 0. The van der Waals surface area contributed by atoms with Crippen molar-refractivity contribution in [3.05, 3.63) is 26.2 Å². The van der Waals surface area contributed by atoms with E-state index in [9.17, 15) is 14.9 Å². The summed E-state index contributed by atoms with van der Waals surface area (Å²) in [5.74, 6) is -1.05. The van der Waals surface area contributed by atoms with Crippen LogP contribution in [0.3, 0.4) is 0 Å². The predicted molar refractivity (Wildman–Crippen MR) is 60.2 cm³/mol. The first-order valence-electron chi connectivity index (χ1n) is 5.35. The quantitative estimate of drug-likeness (QED) is 0.452. The van der Waals surface area contributed by atoms with Crippen molar-refractivity contribution >= 4 is 17.3 Å². The molecule has 6 nitrogen and oxygen atoms in total. The summed E-state index contributed by atoms with van der Waals surface area (Å²) in [6, 6.07) is -0.746. The second-order valence-electron chi connectivity index (χ2n) is 3.89. The van der Waals surface area contributed by atoms with Crippen molar-refractivity contribution < 1.29 is 14.5 Å². The van der Waals surface area contributed by atoms with Crippen LogP contribution in [0.25, 0.3) is 0 Å². The minimum Gasteiger partial charge on any atom is -0.459 e. The second-order valence-corrected chi connectivity index (χ2v) is 4.83. The number of nitro groups is 1. The van der Waals surface area contributed by atoms with Gasteiger partial charge in [0.1, 0.15) is 12.5 Å². The van der Waals surface area contributed by atoms with E-state index in [4.69, 9.17) is 4.74 Å². The largest absolute Gasteiger partial charge is 0.459 e. The Morgan fingerprint density at radius 2 is 2.53 bits per heavy atom.